The molecule has 0 aliphatic heterocycles. The van der Waals surface area contributed by atoms with Gasteiger partial charge in [-0.15, -0.1) is 0 Å². The predicted molar refractivity (Wildman–Crippen MR) is 136 cm³/mol. The quantitative estimate of drug-likeness (QED) is 0.327. The lowest BCUT2D eigenvalue weighted by Gasteiger charge is -2.24. The molecular formula is C23H21BrClFN2O3S2. The summed E-state index contributed by atoms with van der Waals surface area (Å²) in [7, 11) is -3.95. The van der Waals surface area contributed by atoms with Crippen LogP contribution >= 0.6 is 39.3 Å². The number of carbonyl (C=O) groups excluding carboxylic acids is 1. The van der Waals surface area contributed by atoms with Gasteiger partial charge in [0, 0.05) is 33.1 Å². The summed E-state index contributed by atoms with van der Waals surface area (Å²) in [6.45, 7) is -0.0716. The second kappa shape index (κ2) is 11.9. The zero-order valence-electron chi connectivity index (χ0n) is 17.4. The summed E-state index contributed by atoms with van der Waals surface area (Å²) in [5.41, 5.74) is 0.798. The number of sulfonamides is 1. The van der Waals surface area contributed by atoms with Gasteiger partial charge in [0.25, 0.3) is 10.0 Å². The second-order valence-corrected chi connectivity index (χ2v) is 11.2. The Morgan fingerprint density at radius 3 is 2.39 bits per heavy atom. The van der Waals surface area contributed by atoms with E-state index in [9.17, 15) is 17.6 Å². The van der Waals surface area contributed by atoms with Crippen LogP contribution in [0.5, 0.6) is 0 Å². The van der Waals surface area contributed by atoms with E-state index in [2.05, 4.69) is 21.2 Å². The fraction of sp³-hybridized carbons (Fsp3) is 0.174. The van der Waals surface area contributed by atoms with Gasteiger partial charge < -0.3 is 5.32 Å². The van der Waals surface area contributed by atoms with Crippen molar-refractivity contribution in [3.63, 3.8) is 0 Å². The van der Waals surface area contributed by atoms with Gasteiger partial charge >= 0.3 is 0 Å². The molecule has 33 heavy (non-hydrogen) atoms. The van der Waals surface area contributed by atoms with Crippen LogP contribution in [0.4, 0.5) is 10.1 Å². The lowest BCUT2D eigenvalue weighted by atomic mass is 10.2. The largest absolute Gasteiger partial charge is 0.354 e. The SMILES string of the molecule is O=C(CN(c1ccc(Br)cc1)S(=O)(=O)c1ccccc1)NCCSCc1c(F)cccc1Cl. The topological polar surface area (TPSA) is 66.5 Å². The molecule has 0 heterocycles. The van der Waals surface area contributed by atoms with Crippen LogP contribution in [0, 0.1) is 5.82 Å². The number of anilines is 1. The molecule has 0 aliphatic rings. The van der Waals surface area contributed by atoms with Crippen LogP contribution in [0.25, 0.3) is 0 Å². The van der Waals surface area contributed by atoms with Crippen LogP contribution in [-0.4, -0.2) is 33.2 Å². The molecule has 0 saturated carbocycles. The minimum absolute atomic E-state index is 0.0954. The Labute approximate surface area is 210 Å². The number of amides is 1. The molecule has 10 heteroatoms. The molecule has 3 aromatic rings. The van der Waals surface area contributed by atoms with Gasteiger partial charge in [-0.2, -0.15) is 11.8 Å². The Balaban J connectivity index is 1.62. The zero-order chi connectivity index (χ0) is 23.8. The van der Waals surface area contributed by atoms with Crippen molar-refractivity contribution < 1.29 is 17.6 Å². The highest BCUT2D eigenvalue weighted by molar-refractivity contribution is 9.10. The van der Waals surface area contributed by atoms with Crippen molar-refractivity contribution in [1.82, 2.24) is 5.32 Å². The molecule has 3 rings (SSSR count). The molecule has 0 radical (unpaired) electrons. The van der Waals surface area contributed by atoms with Crippen LogP contribution in [0.3, 0.4) is 0 Å². The summed E-state index contributed by atoms with van der Waals surface area (Å²) in [5.74, 6) is 0.0757. The van der Waals surface area contributed by atoms with Crippen LogP contribution < -0.4 is 9.62 Å². The van der Waals surface area contributed by atoms with Gasteiger partial charge in [0.05, 0.1) is 10.6 Å². The minimum atomic E-state index is -3.95. The number of nitrogens with zero attached hydrogens (tertiary/aromatic N) is 1. The average molecular weight is 572 g/mol. The van der Waals surface area contributed by atoms with Crippen molar-refractivity contribution in [3.8, 4) is 0 Å². The van der Waals surface area contributed by atoms with Crippen molar-refractivity contribution in [3.05, 3.63) is 93.7 Å². The third-order valence-corrected chi connectivity index (χ3v) is 8.27. The summed E-state index contributed by atoms with van der Waals surface area (Å²) in [6, 6.07) is 19.2. The van der Waals surface area contributed by atoms with Crippen LogP contribution in [-0.2, 0) is 20.6 Å². The minimum Gasteiger partial charge on any atom is -0.354 e. The molecule has 0 bridgehead atoms. The number of nitrogens with one attached hydrogen (secondary N) is 1. The average Bonchev–Trinajstić information content (AvgIpc) is 2.80. The van der Waals surface area contributed by atoms with E-state index >= 15 is 0 Å². The summed E-state index contributed by atoms with van der Waals surface area (Å²) in [5, 5.41) is 3.10. The van der Waals surface area contributed by atoms with Gasteiger partial charge in [0.2, 0.25) is 5.91 Å². The highest BCUT2D eigenvalue weighted by Gasteiger charge is 2.27. The van der Waals surface area contributed by atoms with Gasteiger partial charge in [-0.25, -0.2) is 12.8 Å². The number of halogens is 3. The van der Waals surface area contributed by atoms with Crippen LogP contribution in [0.15, 0.2) is 82.2 Å². The van der Waals surface area contributed by atoms with E-state index in [0.29, 0.717) is 34.3 Å². The van der Waals surface area contributed by atoms with Gasteiger partial charge in [-0.3, -0.25) is 9.10 Å². The van der Waals surface area contributed by atoms with Gasteiger partial charge in [-0.1, -0.05) is 51.8 Å². The maximum Gasteiger partial charge on any atom is 0.264 e. The van der Waals surface area contributed by atoms with E-state index in [1.165, 1.54) is 30.0 Å². The van der Waals surface area contributed by atoms with E-state index < -0.39 is 15.9 Å². The first-order chi connectivity index (χ1) is 15.8. The smallest absolute Gasteiger partial charge is 0.264 e. The van der Waals surface area contributed by atoms with E-state index in [4.69, 9.17) is 11.6 Å². The monoisotopic (exact) mass is 570 g/mol. The first-order valence-corrected chi connectivity index (χ1v) is 13.7. The van der Waals surface area contributed by atoms with Crippen molar-refractivity contribution in [2.45, 2.75) is 10.6 Å². The standard InChI is InChI=1S/C23H21BrClFN2O3S2/c24-17-9-11-18(12-10-17)28(33(30,31)19-5-2-1-3-6-19)15-23(29)27-13-14-32-16-20-21(25)7-4-8-22(20)26/h1-12H,13-16H2,(H,27,29). The molecule has 0 fully saturated rings. The number of carbonyl (C=O) groups is 1. The van der Waals surface area contributed by atoms with Crippen molar-refractivity contribution in [1.29, 1.82) is 0 Å². The molecule has 1 N–H and O–H groups in total. The molecule has 0 saturated heterocycles. The van der Waals surface area contributed by atoms with E-state index in [-0.39, 0.29) is 17.3 Å². The van der Waals surface area contributed by atoms with Crippen molar-refractivity contribution in [2.24, 2.45) is 0 Å². The first-order valence-electron chi connectivity index (χ1n) is 9.90. The van der Waals surface area contributed by atoms with E-state index in [1.807, 2.05) is 0 Å². The van der Waals surface area contributed by atoms with Gasteiger partial charge in [0.1, 0.15) is 12.4 Å². The molecule has 0 atom stereocenters. The predicted octanol–water partition coefficient (Wildman–Crippen LogP) is 5.49. The zero-order valence-corrected chi connectivity index (χ0v) is 21.4. The summed E-state index contributed by atoms with van der Waals surface area (Å²) in [4.78, 5) is 12.7. The summed E-state index contributed by atoms with van der Waals surface area (Å²) >= 11 is 10.8. The van der Waals surface area contributed by atoms with Gasteiger partial charge in [-0.05, 0) is 48.5 Å². The van der Waals surface area contributed by atoms with Gasteiger partial charge in [0.15, 0.2) is 0 Å². The molecule has 1 amide bonds. The van der Waals surface area contributed by atoms with E-state index in [1.54, 1.807) is 54.6 Å². The maximum atomic E-state index is 13.8. The maximum absolute atomic E-state index is 13.8. The highest BCUT2D eigenvalue weighted by Crippen LogP contribution is 2.26. The Kier molecular flexibility index (Phi) is 9.19. The fourth-order valence-electron chi connectivity index (χ4n) is 2.94. The lowest BCUT2D eigenvalue weighted by molar-refractivity contribution is -0.119. The third kappa shape index (κ3) is 6.96. The number of rotatable bonds is 10. The molecular weight excluding hydrogens is 551 g/mol. The Bertz CT molecular complexity index is 1180. The summed E-state index contributed by atoms with van der Waals surface area (Å²) < 4.78 is 42.2. The fourth-order valence-corrected chi connectivity index (χ4v) is 5.84. The molecule has 0 aromatic heterocycles. The molecule has 0 aliphatic carbocycles. The Morgan fingerprint density at radius 1 is 1.03 bits per heavy atom. The number of hydrogen-bond donors (Lipinski definition) is 1. The van der Waals surface area contributed by atoms with E-state index in [0.717, 1.165) is 8.78 Å². The Morgan fingerprint density at radius 2 is 1.73 bits per heavy atom. The highest BCUT2D eigenvalue weighted by atomic mass is 79.9. The molecule has 0 spiro atoms. The second-order valence-electron chi connectivity index (χ2n) is 6.90. The third-order valence-electron chi connectivity index (χ3n) is 4.61. The molecule has 174 valence electrons. The summed E-state index contributed by atoms with van der Waals surface area (Å²) in [6.07, 6.45) is 0. The number of benzene rings is 3. The lowest BCUT2D eigenvalue weighted by Crippen LogP contribution is -2.41. The Hall–Kier alpha value is -2.07. The number of hydrogen-bond acceptors (Lipinski definition) is 4. The van der Waals surface area contributed by atoms with Crippen molar-refractivity contribution >= 4 is 60.9 Å². The molecule has 0 unspecified atom stereocenters. The van der Waals surface area contributed by atoms with Crippen LogP contribution in [0.2, 0.25) is 5.02 Å². The molecule has 3 aromatic carbocycles. The van der Waals surface area contributed by atoms with Crippen molar-refractivity contribution in [2.75, 3.05) is 23.1 Å². The first kappa shape index (κ1) is 25.6. The number of thioether (sulfide) groups is 1. The van der Waals surface area contributed by atoms with Crippen LogP contribution in [0.1, 0.15) is 5.56 Å². The molecule has 5 nitrogen and oxygen atoms in total. The normalized spacial score (nSPS) is 11.2.